The third-order valence-electron chi connectivity index (χ3n) is 8.57. The Morgan fingerprint density at radius 3 is 2.49 bits per heavy atom. The van der Waals surface area contributed by atoms with E-state index in [1.807, 2.05) is 12.3 Å². The van der Waals surface area contributed by atoms with Gasteiger partial charge in [-0.2, -0.15) is 0 Å². The van der Waals surface area contributed by atoms with E-state index in [1.54, 1.807) is 0 Å². The molecule has 0 N–H and O–H groups in total. The quantitative estimate of drug-likeness (QED) is 0.483. The predicted molar refractivity (Wildman–Crippen MR) is 153 cm³/mol. The second-order valence-electron chi connectivity index (χ2n) is 12.5. The van der Waals surface area contributed by atoms with Crippen molar-refractivity contribution in [3.63, 3.8) is 0 Å². The lowest BCUT2D eigenvalue weighted by molar-refractivity contribution is -0.141. The standard InChI is InChI=1S/C32H48N4O/c1-7-10-26-22-27(13-12-24(26)2)31(28-11-8-9-16-33-28)35-19-20-36(29(23-35)32(3,4)5)30(37)21-25-14-17-34(6)18-15-25/h8-9,11-13,16,22,25,29,31H,7,10,14-15,17-21,23H2,1-6H3. The number of likely N-dealkylation sites (tertiary alicyclic amines) is 1. The Balaban J connectivity index is 1.59. The van der Waals surface area contributed by atoms with Crippen LogP contribution in [0.2, 0.25) is 0 Å². The molecule has 0 saturated carbocycles. The van der Waals surface area contributed by atoms with E-state index in [0.717, 1.165) is 64.1 Å². The second kappa shape index (κ2) is 12.1. The van der Waals surface area contributed by atoms with Crippen LogP contribution < -0.4 is 0 Å². The highest BCUT2D eigenvalue weighted by atomic mass is 16.2. The van der Waals surface area contributed by atoms with Crippen molar-refractivity contribution >= 4 is 5.91 Å². The number of nitrogens with zero attached hydrogens (tertiary/aromatic N) is 4. The molecule has 4 rings (SSSR count). The highest BCUT2D eigenvalue weighted by Crippen LogP contribution is 2.36. The molecule has 0 spiro atoms. The van der Waals surface area contributed by atoms with Gasteiger partial charge in [-0.1, -0.05) is 58.4 Å². The van der Waals surface area contributed by atoms with Gasteiger partial charge in [0.05, 0.1) is 11.7 Å². The van der Waals surface area contributed by atoms with Gasteiger partial charge in [-0.15, -0.1) is 0 Å². The van der Waals surface area contributed by atoms with Gasteiger partial charge >= 0.3 is 0 Å². The molecule has 5 nitrogen and oxygen atoms in total. The number of carbonyl (C=O) groups excluding carboxylic acids is 1. The molecule has 2 saturated heterocycles. The summed E-state index contributed by atoms with van der Waals surface area (Å²) >= 11 is 0. The largest absolute Gasteiger partial charge is 0.337 e. The van der Waals surface area contributed by atoms with Crippen molar-refractivity contribution in [2.45, 2.75) is 78.8 Å². The van der Waals surface area contributed by atoms with E-state index in [4.69, 9.17) is 4.98 Å². The summed E-state index contributed by atoms with van der Waals surface area (Å²) in [5.74, 6) is 0.872. The van der Waals surface area contributed by atoms with E-state index in [1.165, 1.54) is 16.7 Å². The molecule has 0 aliphatic carbocycles. The number of aromatic nitrogens is 1. The molecule has 1 aromatic carbocycles. The maximum atomic E-state index is 13.7. The summed E-state index contributed by atoms with van der Waals surface area (Å²) in [4.78, 5) is 25.7. The van der Waals surface area contributed by atoms with E-state index in [2.05, 4.69) is 86.7 Å². The molecule has 2 aliphatic heterocycles. The van der Waals surface area contributed by atoms with Crippen LogP contribution in [0.25, 0.3) is 0 Å². The summed E-state index contributed by atoms with van der Waals surface area (Å²) in [7, 11) is 2.18. The summed E-state index contributed by atoms with van der Waals surface area (Å²) in [5.41, 5.74) is 5.19. The number of benzene rings is 1. The number of hydrogen-bond acceptors (Lipinski definition) is 4. The molecule has 2 unspecified atom stereocenters. The molecule has 5 heteroatoms. The predicted octanol–water partition coefficient (Wildman–Crippen LogP) is 5.72. The summed E-state index contributed by atoms with van der Waals surface area (Å²) in [5, 5.41) is 0. The first kappa shape index (κ1) is 27.8. The van der Waals surface area contributed by atoms with Crippen LogP contribution in [0.15, 0.2) is 42.6 Å². The van der Waals surface area contributed by atoms with Crippen molar-refractivity contribution in [3.05, 3.63) is 65.0 Å². The van der Waals surface area contributed by atoms with Crippen LogP contribution >= 0.6 is 0 Å². The minimum atomic E-state index is -0.00355. The first-order valence-electron chi connectivity index (χ1n) is 14.4. The van der Waals surface area contributed by atoms with Crippen LogP contribution in [0.1, 0.15) is 81.8 Å². The van der Waals surface area contributed by atoms with Crippen LogP contribution in [0.5, 0.6) is 0 Å². The zero-order valence-corrected chi connectivity index (χ0v) is 24.0. The number of piperazine rings is 1. The molecular weight excluding hydrogens is 456 g/mol. The van der Waals surface area contributed by atoms with Gasteiger partial charge in [0.15, 0.2) is 0 Å². The van der Waals surface area contributed by atoms with Crippen LogP contribution in [0.4, 0.5) is 0 Å². The van der Waals surface area contributed by atoms with E-state index < -0.39 is 0 Å². The maximum Gasteiger partial charge on any atom is 0.223 e. The van der Waals surface area contributed by atoms with E-state index in [9.17, 15) is 4.79 Å². The Morgan fingerprint density at radius 1 is 1.08 bits per heavy atom. The van der Waals surface area contributed by atoms with Gasteiger partial charge < -0.3 is 9.80 Å². The summed E-state index contributed by atoms with van der Waals surface area (Å²) in [6.45, 7) is 16.1. The lowest BCUT2D eigenvalue weighted by Gasteiger charge is -2.49. The lowest BCUT2D eigenvalue weighted by atomic mass is 9.82. The third kappa shape index (κ3) is 6.80. The van der Waals surface area contributed by atoms with Gasteiger partial charge in [-0.3, -0.25) is 14.7 Å². The smallest absolute Gasteiger partial charge is 0.223 e. The number of aryl methyl sites for hydroxylation is 2. The molecular formula is C32H48N4O. The van der Waals surface area contributed by atoms with Crippen molar-refractivity contribution < 1.29 is 4.79 Å². The van der Waals surface area contributed by atoms with Crippen molar-refractivity contribution in [2.75, 3.05) is 39.8 Å². The number of carbonyl (C=O) groups is 1. The lowest BCUT2D eigenvalue weighted by Crippen LogP contribution is -2.60. The van der Waals surface area contributed by atoms with Crippen LogP contribution in [-0.2, 0) is 11.2 Å². The Morgan fingerprint density at radius 2 is 1.84 bits per heavy atom. The summed E-state index contributed by atoms with van der Waals surface area (Å²) in [6, 6.07) is 13.5. The van der Waals surface area contributed by atoms with Crippen LogP contribution in [-0.4, -0.2) is 71.4 Å². The van der Waals surface area contributed by atoms with Crippen LogP contribution in [0.3, 0.4) is 0 Å². The van der Waals surface area contributed by atoms with E-state index >= 15 is 0 Å². The average molecular weight is 505 g/mol. The highest BCUT2D eigenvalue weighted by molar-refractivity contribution is 5.77. The normalized spacial score (nSPS) is 21.2. The van der Waals surface area contributed by atoms with Crippen molar-refractivity contribution in [1.82, 2.24) is 19.7 Å². The van der Waals surface area contributed by atoms with Crippen molar-refractivity contribution in [3.8, 4) is 0 Å². The van der Waals surface area contributed by atoms with E-state index in [0.29, 0.717) is 18.2 Å². The van der Waals surface area contributed by atoms with Gasteiger partial charge in [0.1, 0.15) is 0 Å². The first-order valence-corrected chi connectivity index (χ1v) is 14.4. The maximum absolute atomic E-state index is 13.7. The molecule has 3 heterocycles. The number of rotatable bonds is 7. The monoisotopic (exact) mass is 504 g/mol. The van der Waals surface area contributed by atoms with Gasteiger partial charge in [0.25, 0.3) is 0 Å². The molecule has 0 radical (unpaired) electrons. The van der Waals surface area contributed by atoms with Gasteiger partial charge in [-0.25, -0.2) is 0 Å². The zero-order valence-electron chi connectivity index (χ0n) is 24.0. The minimum Gasteiger partial charge on any atom is -0.337 e. The average Bonchev–Trinajstić information content (AvgIpc) is 2.87. The van der Waals surface area contributed by atoms with Gasteiger partial charge in [0.2, 0.25) is 5.91 Å². The molecule has 2 fully saturated rings. The number of hydrogen-bond donors (Lipinski definition) is 0. The zero-order chi connectivity index (χ0) is 26.6. The molecule has 202 valence electrons. The summed E-state index contributed by atoms with van der Waals surface area (Å²) in [6.07, 6.45) is 7.12. The fraction of sp³-hybridized carbons (Fsp3) is 0.625. The molecule has 0 bridgehead atoms. The Hall–Kier alpha value is -2.24. The fourth-order valence-electron chi connectivity index (χ4n) is 6.22. The Kier molecular flexibility index (Phi) is 9.07. The SMILES string of the molecule is CCCc1cc(C(c2ccccn2)N2CCN(C(=O)CC3CCN(C)CC3)C(C(C)(C)C)C2)ccc1C. The van der Waals surface area contributed by atoms with Gasteiger partial charge in [0, 0.05) is 38.3 Å². The van der Waals surface area contributed by atoms with Crippen molar-refractivity contribution in [1.29, 1.82) is 0 Å². The molecule has 2 atom stereocenters. The first-order chi connectivity index (χ1) is 17.7. The fourth-order valence-corrected chi connectivity index (χ4v) is 6.22. The Bertz CT molecular complexity index is 1020. The van der Waals surface area contributed by atoms with Gasteiger partial charge in [-0.05, 0) is 86.5 Å². The number of amides is 1. The third-order valence-corrected chi connectivity index (χ3v) is 8.57. The minimum absolute atomic E-state index is 0.00355. The summed E-state index contributed by atoms with van der Waals surface area (Å²) < 4.78 is 0. The topological polar surface area (TPSA) is 39.7 Å². The van der Waals surface area contributed by atoms with E-state index in [-0.39, 0.29) is 17.5 Å². The number of piperidine rings is 1. The number of pyridine rings is 1. The molecule has 1 amide bonds. The van der Waals surface area contributed by atoms with Crippen LogP contribution in [0, 0.1) is 18.3 Å². The molecule has 1 aromatic heterocycles. The highest BCUT2D eigenvalue weighted by Gasteiger charge is 2.41. The molecule has 37 heavy (non-hydrogen) atoms. The van der Waals surface area contributed by atoms with Crippen molar-refractivity contribution in [2.24, 2.45) is 11.3 Å². The molecule has 2 aromatic rings. The Labute approximate surface area is 225 Å². The molecule has 2 aliphatic rings. The second-order valence-corrected chi connectivity index (χ2v) is 12.5.